The molecule has 1 radical (unpaired) electrons. The number of rotatable bonds is 1. The topological polar surface area (TPSA) is 54.0 Å². The first-order valence-corrected chi connectivity index (χ1v) is 8.76. The van der Waals surface area contributed by atoms with Gasteiger partial charge in [0.2, 0.25) is 0 Å². The number of nitriles is 1. The van der Waals surface area contributed by atoms with Crippen molar-refractivity contribution in [2.45, 2.75) is 13.8 Å². The molecule has 3 aromatic heterocycles. The third-order valence-electron chi connectivity index (χ3n) is 4.99. The van der Waals surface area contributed by atoms with Crippen LogP contribution >= 0.6 is 0 Å². The summed E-state index contributed by atoms with van der Waals surface area (Å²) >= 11 is 0. The van der Waals surface area contributed by atoms with E-state index in [-0.39, 0.29) is 20.1 Å². The molecule has 5 rings (SSSR count). The van der Waals surface area contributed by atoms with E-state index in [1.807, 2.05) is 42.5 Å². The van der Waals surface area contributed by atoms with E-state index >= 15 is 0 Å². The molecule has 0 fully saturated rings. The zero-order valence-electron chi connectivity index (χ0n) is 15.3. The Kier molecular flexibility index (Phi) is 4.47. The zero-order valence-corrected chi connectivity index (χ0v) is 17.7. The zero-order chi connectivity index (χ0) is 18.5. The minimum absolute atomic E-state index is 0. The average molecular weight is 540 g/mol. The number of aromatic nitrogens is 3. The van der Waals surface area contributed by atoms with Crippen molar-refractivity contribution in [1.29, 1.82) is 5.26 Å². The van der Waals surface area contributed by atoms with Crippen molar-refractivity contribution in [2.24, 2.45) is 0 Å². The fraction of sp³-hybridized carbons (Fsp3) is 0.0870. The van der Waals surface area contributed by atoms with Crippen molar-refractivity contribution in [2.75, 3.05) is 0 Å². The van der Waals surface area contributed by atoms with Crippen LogP contribution in [0.5, 0.6) is 0 Å². The number of aryl methyl sites for hydroxylation is 2. The van der Waals surface area contributed by atoms with Crippen molar-refractivity contribution >= 4 is 27.3 Å². The summed E-state index contributed by atoms with van der Waals surface area (Å²) in [6.07, 6.45) is 1.79. The minimum atomic E-state index is 0. The van der Waals surface area contributed by atoms with E-state index in [4.69, 9.17) is 0 Å². The van der Waals surface area contributed by atoms with Gasteiger partial charge in [-0.2, -0.15) is 5.26 Å². The minimum Gasteiger partial charge on any atom is -0.339 e. The van der Waals surface area contributed by atoms with Crippen LogP contribution in [0.25, 0.3) is 38.4 Å². The molecule has 2 aromatic carbocycles. The maximum Gasteiger partial charge on any atom is 0.148 e. The van der Waals surface area contributed by atoms with Crippen LogP contribution in [0.1, 0.15) is 17.1 Å². The third-order valence-corrected chi connectivity index (χ3v) is 4.99. The van der Waals surface area contributed by atoms with Crippen molar-refractivity contribution in [3.63, 3.8) is 0 Å². The number of hydrogen-bond acceptors (Lipinski definition) is 3. The molecule has 3 heterocycles. The molecule has 0 aliphatic carbocycles. The van der Waals surface area contributed by atoms with Gasteiger partial charge in [-0.25, -0.2) is 0 Å². The molecule has 0 amide bonds. The second-order valence-corrected chi connectivity index (χ2v) is 6.68. The third kappa shape index (κ3) is 2.62. The summed E-state index contributed by atoms with van der Waals surface area (Å²) in [7, 11) is 0. The molecule has 4 nitrogen and oxygen atoms in total. The first-order chi connectivity index (χ1) is 13.2. The van der Waals surface area contributed by atoms with E-state index in [9.17, 15) is 5.26 Å². The summed E-state index contributed by atoms with van der Waals surface area (Å²) in [5, 5.41) is 12.4. The largest absolute Gasteiger partial charge is 0.339 e. The first-order valence-electron chi connectivity index (χ1n) is 8.76. The number of pyridine rings is 2. The maximum absolute atomic E-state index is 9.33. The van der Waals surface area contributed by atoms with Crippen molar-refractivity contribution < 1.29 is 20.1 Å². The summed E-state index contributed by atoms with van der Waals surface area (Å²) in [5.74, 6) is 0. The molecule has 5 aromatic rings. The molecule has 0 spiro atoms. The Morgan fingerprint density at radius 2 is 1.82 bits per heavy atom. The molecule has 28 heavy (non-hydrogen) atoms. The van der Waals surface area contributed by atoms with Gasteiger partial charge in [0, 0.05) is 43.2 Å². The van der Waals surface area contributed by atoms with Gasteiger partial charge in [0.1, 0.15) is 11.8 Å². The molecular formula is C23H15IrN4-. The fourth-order valence-corrected chi connectivity index (χ4v) is 3.84. The van der Waals surface area contributed by atoms with Crippen LogP contribution in [-0.4, -0.2) is 14.4 Å². The number of benzene rings is 2. The van der Waals surface area contributed by atoms with Gasteiger partial charge in [0.05, 0.1) is 5.65 Å². The van der Waals surface area contributed by atoms with E-state index < -0.39 is 0 Å². The van der Waals surface area contributed by atoms with Crippen molar-refractivity contribution in [3.05, 3.63) is 77.9 Å². The fourth-order valence-electron chi connectivity index (χ4n) is 3.84. The maximum atomic E-state index is 9.33. The number of nitrogens with zero attached hydrogens (tertiary/aromatic N) is 4. The van der Waals surface area contributed by atoms with Crippen LogP contribution in [0.4, 0.5) is 0 Å². The van der Waals surface area contributed by atoms with Gasteiger partial charge in [-0.1, -0.05) is 40.6 Å². The summed E-state index contributed by atoms with van der Waals surface area (Å²) < 4.78 is 1.98. The number of imidazole rings is 1. The van der Waals surface area contributed by atoms with Crippen LogP contribution in [0.3, 0.4) is 0 Å². The molecule has 0 saturated carbocycles. The van der Waals surface area contributed by atoms with Crippen LogP contribution in [0, 0.1) is 31.2 Å². The molecule has 0 N–H and O–H groups in total. The second kappa shape index (κ2) is 6.83. The number of para-hydroxylation sites is 1. The average Bonchev–Trinajstić information content (AvgIpc) is 3.13. The standard InChI is InChI=1S/C23H15N4.Ir/c1-14-10-11-17(15(2)25-14)18-7-5-8-20-22(18)19-6-3-4-9-21(19)27-13-16(12-24)26-23(20)27;/h3-7,9-11,13H,1-2H3;/q-1;. The number of fused-ring (bicyclic) bond motifs is 6. The second-order valence-electron chi connectivity index (χ2n) is 6.68. The van der Waals surface area contributed by atoms with E-state index in [2.05, 4.69) is 46.4 Å². The van der Waals surface area contributed by atoms with Gasteiger partial charge in [-0.3, -0.25) is 9.97 Å². The molecule has 137 valence electrons. The molecule has 5 heteroatoms. The summed E-state index contributed by atoms with van der Waals surface area (Å²) in [5.41, 5.74) is 6.37. The SMILES string of the molecule is Cc1ccc(-c2cc[c-]c3c2c2ccccc2n2cc(C#N)nc32)c(C)n1.[Ir]. The molecule has 0 aliphatic heterocycles. The quantitative estimate of drug-likeness (QED) is 0.223. The van der Waals surface area contributed by atoms with E-state index in [1.54, 1.807) is 6.20 Å². The molecule has 0 bridgehead atoms. The normalized spacial score (nSPS) is 10.9. The van der Waals surface area contributed by atoms with Gasteiger partial charge < -0.3 is 4.40 Å². The Bertz CT molecular complexity index is 1410. The van der Waals surface area contributed by atoms with Crippen molar-refractivity contribution in [1.82, 2.24) is 14.4 Å². The van der Waals surface area contributed by atoms with E-state index in [0.29, 0.717) is 5.69 Å². The van der Waals surface area contributed by atoms with Gasteiger partial charge in [0.15, 0.2) is 0 Å². The summed E-state index contributed by atoms with van der Waals surface area (Å²) in [4.78, 5) is 9.18. The molecular weight excluding hydrogens is 524 g/mol. The van der Waals surface area contributed by atoms with Crippen molar-refractivity contribution in [3.8, 4) is 17.2 Å². The Labute approximate surface area is 175 Å². The number of hydrogen-bond donors (Lipinski definition) is 0. The smallest absolute Gasteiger partial charge is 0.148 e. The molecule has 0 atom stereocenters. The van der Waals surface area contributed by atoms with Crippen LogP contribution in [-0.2, 0) is 20.1 Å². The predicted molar refractivity (Wildman–Crippen MR) is 106 cm³/mol. The van der Waals surface area contributed by atoms with Gasteiger partial charge in [-0.05, 0) is 36.9 Å². The Morgan fingerprint density at radius 1 is 1.00 bits per heavy atom. The Balaban J connectivity index is 0.00000192. The van der Waals surface area contributed by atoms with Crippen LogP contribution in [0.2, 0.25) is 0 Å². The van der Waals surface area contributed by atoms with Crippen LogP contribution < -0.4 is 0 Å². The molecule has 0 unspecified atom stereocenters. The first kappa shape index (κ1) is 18.3. The van der Waals surface area contributed by atoms with E-state index in [0.717, 1.165) is 49.8 Å². The van der Waals surface area contributed by atoms with Gasteiger partial charge >= 0.3 is 0 Å². The summed E-state index contributed by atoms with van der Waals surface area (Å²) in [6, 6.07) is 21.9. The van der Waals surface area contributed by atoms with Gasteiger partial charge in [-0.15, -0.1) is 18.2 Å². The van der Waals surface area contributed by atoms with Crippen LogP contribution in [0.15, 0.2) is 54.7 Å². The molecule has 0 aliphatic rings. The Hall–Kier alpha value is -3.06. The monoisotopic (exact) mass is 540 g/mol. The Morgan fingerprint density at radius 3 is 2.61 bits per heavy atom. The van der Waals surface area contributed by atoms with E-state index in [1.165, 1.54) is 0 Å². The summed E-state index contributed by atoms with van der Waals surface area (Å²) in [6.45, 7) is 4.04. The molecule has 0 saturated heterocycles. The predicted octanol–water partition coefficient (Wildman–Crippen LogP) is 4.99. The van der Waals surface area contributed by atoms with Gasteiger partial charge in [0.25, 0.3) is 0 Å².